The van der Waals surface area contributed by atoms with Crippen molar-refractivity contribution in [2.24, 2.45) is 11.8 Å². The fraction of sp³-hybridized carbons (Fsp3) is 0.667. The highest BCUT2D eigenvalue weighted by atomic mass is 19.2. The van der Waals surface area contributed by atoms with E-state index in [1.165, 1.54) is 25.3 Å². The van der Waals surface area contributed by atoms with Crippen LogP contribution in [-0.4, -0.2) is 12.6 Å². The van der Waals surface area contributed by atoms with E-state index in [2.05, 4.69) is 19.2 Å². The topological polar surface area (TPSA) is 12.0 Å². The molecule has 1 nitrogen and oxygen atoms in total. The van der Waals surface area contributed by atoms with E-state index in [9.17, 15) is 8.78 Å². The van der Waals surface area contributed by atoms with Crippen molar-refractivity contribution < 1.29 is 8.78 Å². The molecule has 3 heteroatoms. The molecular formula is C18H27F2N. The molecule has 0 spiro atoms. The van der Waals surface area contributed by atoms with Gasteiger partial charge in [0.2, 0.25) is 0 Å². The minimum atomic E-state index is -0.728. The lowest BCUT2D eigenvalue weighted by Crippen LogP contribution is -2.41. The molecule has 1 aromatic rings. The summed E-state index contributed by atoms with van der Waals surface area (Å²) < 4.78 is 27.3. The third-order valence-corrected chi connectivity index (χ3v) is 4.77. The molecule has 3 unspecified atom stereocenters. The fourth-order valence-electron chi connectivity index (χ4n) is 3.78. The second-order valence-electron chi connectivity index (χ2n) is 6.31. The van der Waals surface area contributed by atoms with E-state index in [1.54, 1.807) is 12.1 Å². The summed E-state index contributed by atoms with van der Waals surface area (Å²) in [6.07, 6.45) is 6.63. The molecule has 1 saturated carbocycles. The Kier molecular flexibility index (Phi) is 6.16. The van der Waals surface area contributed by atoms with Crippen LogP contribution < -0.4 is 5.32 Å². The molecule has 0 aromatic heterocycles. The summed E-state index contributed by atoms with van der Waals surface area (Å²) in [4.78, 5) is 0. The molecule has 0 heterocycles. The van der Waals surface area contributed by atoms with Crippen LogP contribution in [-0.2, 0) is 6.42 Å². The lowest BCUT2D eigenvalue weighted by atomic mass is 9.74. The Labute approximate surface area is 127 Å². The van der Waals surface area contributed by atoms with E-state index in [0.29, 0.717) is 23.9 Å². The highest BCUT2D eigenvalue weighted by molar-refractivity contribution is 5.20. The molecule has 21 heavy (non-hydrogen) atoms. The molecule has 1 fully saturated rings. The molecule has 2 rings (SSSR count). The number of benzene rings is 1. The maximum absolute atomic E-state index is 13.9. The Morgan fingerprint density at radius 2 is 2.00 bits per heavy atom. The smallest absolute Gasteiger partial charge is 0.162 e. The van der Waals surface area contributed by atoms with E-state index in [-0.39, 0.29) is 0 Å². The van der Waals surface area contributed by atoms with Crippen molar-refractivity contribution in [3.8, 4) is 0 Å². The predicted octanol–water partition coefficient (Wildman–Crippen LogP) is 4.70. The van der Waals surface area contributed by atoms with Crippen LogP contribution in [0.5, 0.6) is 0 Å². The number of hydrogen-bond acceptors (Lipinski definition) is 1. The molecule has 0 amide bonds. The molecule has 0 bridgehead atoms. The zero-order chi connectivity index (χ0) is 15.2. The molecule has 1 aliphatic rings. The maximum Gasteiger partial charge on any atom is 0.162 e. The summed E-state index contributed by atoms with van der Waals surface area (Å²) >= 11 is 0. The average Bonchev–Trinajstić information content (AvgIpc) is 2.47. The van der Waals surface area contributed by atoms with Gasteiger partial charge in [-0.05, 0) is 55.7 Å². The van der Waals surface area contributed by atoms with E-state index >= 15 is 0 Å². The molecule has 1 N–H and O–H groups in total. The summed E-state index contributed by atoms with van der Waals surface area (Å²) in [5.41, 5.74) is 0.528. The summed E-state index contributed by atoms with van der Waals surface area (Å²) in [5, 5.41) is 3.54. The minimum Gasteiger partial charge on any atom is -0.314 e. The van der Waals surface area contributed by atoms with Gasteiger partial charge in [-0.25, -0.2) is 8.78 Å². The molecule has 0 radical (unpaired) electrons. The van der Waals surface area contributed by atoms with Gasteiger partial charge in [0.25, 0.3) is 0 Å². The largest absolute Gasteiger partial charge is 0.314 e. The van der Waals surface area contributed by atoms with E-state index in [1.807, 2.05) is 0 Å². The van der Waals surface area contributed by atoms with Gasteiger partial charge >= 0.3 is 0 Å². The first kappa shape index (κ1) is 16.4. The third-order valence-electron chi connectivity index (χ3n) is 4.77. The van der Waals surface area contributed by atoms with Gasteiger partial charge in [-0.2, -0.15) is 0 Å². The van der Waals surface area contributed by atoms with Crippen LogP contribution in [0, 0.1) is 23.5 Å². The molecular weight excluding hydrogens is 268 g/mol. The molecule has 0 aliphatic heterocycles. The van der Waals surface area contributed by atoms with Crippen molar-refractivity contribution in [2.45, 2.75) is 58.4 Å². The number of nitrogens with one attached hydrogen (secondary N) is 1. The first-order valence-electron chi connectivity index (χ1n) is 8.31. The predicted molar refractivity (Wildman–Crippen MR) is 83.3 cm³/mol. The summed E-state index contributed by atoms with van der Waals surface area (Å²) in [6.45, 7) is 5.26. The zero-order valence-electron chi connectivity index (χ0n) is 13.2. The zero-order valence-corrected chi connectivity index (χ0v) is 13.2. The van der Waals surface area contributed by atoms with Gasteiger partial charge in [0.05, 0.1) is 0 Å². The van der Waals surface area contributed by atoms with Crippen molar-refractivity contribution in [3.05, 3.63) is 35.4 Å². The van der Waals surface area contributed by atoms with Crippen molar-refractivity contribution in [2.75, 3.05) is 6.54 Å². The summed E-state index contributed by atoms with van der Waals surface area (Å²) in [5.74, 6) is -0.239. The Bertz CT molecular complexity index is 447. The molecule has 1 aromatic carbocycles. The molecule has 0 saturated heterocycles. The van der Waals surface area contributed by atoms with Crippen molar-refractivity contribution in [1.82, 2.24) is 5.32 Å². The third kappa shape index (κ3) is 4.26. The van der Waals surface area contributed by atoms with Crippen LogP contribution in [0.25, 0.3) is 0 Å². The van der Waals surface area contributed by atoms with Gasteiger partial charge in [-0.3, -0.25) is 0 Å². The van der Waals surface area contributed by atoms with Gasteiger partial charge in [0.1, 0.15) is 0 Å². The normalized spacial score (nSPS) is 26.0. The van der Waals surface area contributed by atoms with Crippen molar-refractivity contribution in [3.63, 3.8) is 0 Å². The quantitative estimate of drug-likeness (QED) is 0.802. The Balaban J connectivity index is 2.09. The molecule has 118 valence electrons. The standard InChI is InChI=1S/C18H27F2N/c1-3-6-13-9-10-17(21-4-2)15(11-13)12-14-7-5-8-16(19)18(14)20/h5,7-8,13,15,17,21H,3-4,6,9-12H2,1-2H3. The van der Waals surface area contributed by atoms with E-state index in [0.717, 1.165) is 25.3 Å². The van der Waals surface area contributed by atoms with Gasteiger partial charge in [0.15, 0.2) is 11.6 Å². The second kappa shape index (κ2) is 7.88. The Hall–Kier alpha value is -0.960. The van der Waals surface area contributed by atoms with Crippen molar-refractivity contribution >= 4 is 0 Å². The lowest BCUT2D eigenvalue weighted by Gasteiger charge is -2.37. The van der Waals surface area contributed by atoms with E-state index in [4.69, 9.17) is 0 Å². The number of rotatable bonds is 6. The summed E-state index contributed by atoms with van der Waals surface area (Å²) in [6, 6.07) is 4.97. The van der Waals surface area contributed by atoms with Gasteiger partial charge < -0.3 is 5.32 Å². The van der Waals surface area contributed by atoms with Crippen LogP contribution in [0.15, 0.2) is 18.2 Å². The monoisotopic (exact) mass is 295 g/mol. The maximum atomic E-state index is 13.9. The van der Waals surface area contributed by atoms with Crippen LogP contribution in [0.4, 0.5) is 8.78 Å². The highest BCUT2D eigenvalue weighted by Crippen LogP contribution is 2.34. The SMILES string of the molecule is CCCC1CCC(NCC)C(Cc2cccc(F)c2F)C1. The first-order valence-corrected chi connectivity index (χ1v) is 8.31. The fourth-order valence-corrected chi connectivity index (χ4v) is 3.78. The van der Waals surface area contributed by atoms with Gasteiger partial charge in [-0.15, -0.1) is 0 Å². The highest BCUT2D eigenvalue weighted by Gasteiger charge is 2.30. The van der Waals surface area contributed by atoms with Crippen molar-refractivity contribution in [1.29, 1.82) is 0 Å². The molecule has 1 aliphatic carbocycles. The Morgan fingerprint density at radius 1 is 1.19 bits per heavy atom. The Morgan fingerprint density at radius 3 is 2.71 bits per heavy atom. The van der Waals surface area contributed by atoms with Gasteiger partial charge in [0, 0.05) is 6.04 Å². The first-order chi connectivity index (χ1) is 10.2. The second-order valence-corrected chi connectivity index (χ2v) is 6.31. The average molecular weight is 295 g/mol. The van der Waals surface area contributed by atoms with E-state index < -0.39 is 11.6 Å². The van der Waals surface area contributed by atoms with Crippen LogP contribution >= 0.6 is 0 Å². The number of hydrogen-bond donors (Lipinski definition) is 1. The van der Waals surface area contributed by atoms with Crippen LogP contribution in [0.2, 0.25) is 0 Å². The summed E-state index contributed by atoms with van der Waals surface area (Å²) in [7, 11) is 0. The minimum absolute atomic E-state index is 0.409. The number of halogens is 2. The molecule has 3 atom stereocenters. The lowest BCUT2D eigenvalue weighted by molar-refractivity contribution is 0.194. The van der Waals surface area contributed by atoms with Crippen LogP contribution in [0.3, 0.4) is 0 Å². The van der Waals surface area contributed by atoms with Crippen LogP contribution in [0.1, 0.15) is 51.5 Å². The van der Waals surface area contributed by atoms with Gasteiger partial charge in [-0.1, -0.05) is 38.8 Å².